The molecule has 31 heavy (non-hydrogen) atoms. The van der Waals surface area contributed by atoms with Gasteiger partial charge in [-0.2, -0.15) is 0 Å². The van der Waals surface area contributed by atoms with E-state index in [0.717, 1.165) is 32.9 Å². The maximum atomic E-state index is 12.1. The summed E-state index contributed by atoms with van der Waals surface area (Å²) in [6.07, 6.45) is 2.97. The third-order valence-electron chi connectivity index (χ3n) is 4.86. The Morgan fingerprint density at radius 1 is 0.839 bits per heavy atom. The van der Waals surface area contributed by atoms with Crippen LogP contribution in [0.5, 0.6) is 5.75 Å². The maximum absolute atomic E-state index is 12.1. The molecular weight excluding hydrogens is 390 g/mol. The predicted octanol–water partition coefficient (Wildman–Crippen LogP) is 5.20. The van der Waals surface area contributed by atoms with E-state index in [1.807, 2.05) is 78.9 Å². The van der Waals surface area contributed by atoms with Gasteiger partial charge in [-0.3, -0.25) is 4.79 Å². The van der Waals surface area contributed by atoms with E-state index in [1.54, 1.807) is 13.2 Å². The van der Waals surface area contributed by atoms with Crippen LogP contribution in [0.1, 0.15) is 5.56 Å². The molecule has 0 aromatic heterocycles. The summed E-state index contributed by atoms with van der Waals surface area (Å²) in [6.45, 7) is -0.354. The number of anilines is 1. The molecule has 0 atom stereocenters. The van der Waals surface area contributed by atoms with Gasteiger partial charge in [-0.15, -0.1) is 0 Å². The summed E-state index contributed by atoms with van der Waals surface area (Å²) in [4.78, 5) is 24.1. The van der Waals surface area contributed by atoms with E-state index in [9.17, 15) is 9.59 Å². The number of nitrogens with one attached hydrogen (secondary N) is 1. The summed E-state index contributed by atoms with van der Waals surface area (Å²) in [5.41, 5.74) is 1.51. The summed E-state index contributed by atoms with van der Waals surface area (Å²) in [5, 5.41) is 6.93. The standard InChI is InChI=1S/C26H21NO4/c1-30-24-12-10-21-14-18(6-8-22(21)16-24)7-13-26(29)31-17-25(28)27-23-11-9-19-4-2-3-5-20(19)15-23/h2-16H,17H2,1H3,(H,27,28)/b13-7+. The minimum absolute atomic E-state index is 0.354. The Bertz CT molecular complexity index is 1290. The highest BCUT2D eigenvalue weighted by molar-refractivity contribution is 5.97. The molecule has 0 saturated carbocycles. The van der Waals surface area contributed by atoms with Crippen LogP contribution in [0.3, 0.4) is 0 Å². The van der Waals surface area contributed by atoms with Crippen LogP contribution in [0.2, 0.25) is 0 Å². The van der Waals surface area contributed by atoms with E-state index in [4.69, 9.17) is 9.47 Å². The van der Waals surface area contributed by atoms with Crippen molar-refractivity contribution in [3.05, 3.63) is 90.5 Å². The minimum atomic E-state index is -0.580. The fourth-order valence-corrected chi connectivity index (χ4v) is 3.29. The van der Waals surface area contributed by atoms with Gasteiger partial charge < -0.3 is 14.8 Å². The number of amides is 1. The first kappa shape index (κ1) is 20.2. The van der Waals surface area contributed by atoms with Crippen LogP contribution in [0.25, 0.3) is 27.6 Å². The molecule has 5 heteroatoms. The maximum Gasteiger partial charge on any atom is 0.331 e. The van der Waals surface area contributed by atoms with Crippen molar-refractivity contribution in [2.45, 2.75) is 0 Å². The van der Waals surface area contributed by atoms with Gasteiger partial charge in [0.1, 0.15) is 5.75 Å². The number of esters is 1. The number of benzene rings is 4. The summed E-state index contributed by atoms with van der Waals surface area (Å²) < 4.78 is 10.3. The molecule has 0 aliphatic heterocycles. The summed E-state index contributed by atoms with van der Waals surface area (Å²) in [6, 6.07) is 25.1. The van der Waals surface area contributed by atoms with E-state index >= 15 is 0 Å². The molecule has 5 nitrogen and oxygen atoms in total. The van der Waals surface area contributed by atoms with Crippen molar-refractivity contribution in [1.82, 2.24) is 0 Å². The molecule has 0 saturated heterocycles. The van der Waals surface area contributed by atoms with Crippen LogP contribution in [0, 0.1) is 0 Å². The number of rotatable bonds is 6. The Balaban J connectivity index is 1.32. The van der Waals surface area contributed by atoms with Crippen molar-refractivity contribution >= 4 is 45.2 Å². The van der Waals surface area contributed by atoms with E-state index in [0.29, 0.717) is 5.69 Å². The molecule has 1 N–H and O–H groups in total. The smallest absolute Gasteiger partial charge is 0.331 e. The van der Waals surface area contributed by atoms with Crippen LogP contribution >= 0.6 is 0 Å². The van der Waals surface area contributed by atoms with Gasteiger partial charge in [-0.25, -0.2) is 4.79 Å². The average Bonchev–Trinajstić information content (AvgIpc) is 2.80. The van der Waals surface area contributed by atoms with Crippen molar-refractivity contribution in [1.29, 1.82) is 0 Å². The lowest BCUT2D eigenvalue weighted by Gasteiger charge is -2.07. The molecule has 0 spiro atoms. The van der Waals surface area contributed by atoms with Gasteiger partial charge in [0.05, 0.1) is 7.11 Å². The quantitative estimate of drug-likeness (QED) is 0.350. The molecule has 0 fully saturated rings. The molecule has 1 amide bonds. The second-order valence-electron chi connectivity index (χ2n) is 7.02. The van der Waals surface area contributed by atoms with Gasteiger partial charge in [-0.05, 0) is 63.5 Å². The van der Waals surface area contributed by atoms with E-state index < -0.39 is 11.9 Å². The van der Waals surface area contributed by atoms with E-state index in [-0.39, 0.29) is 6.61 Å². The molecule has 0 heterocycles. The third-order valence-corrected chi connectivity index (χ3v) is 4.86. The molecular formula is C26H21NO4. The van der Waals surface area contributed by atoms with Gasteiger partial charge in [0.15, 0.2) is 6.61 Å². The Morgan fingerprint density at radius 3 is 2.39 bits per heavy atom. The second kappa shape index (κ2) is 9.13. The van der Waals surface area contributed by atoms with Crippen LogP contribution in [-0.4, -0.2) is 25.6 Å². The molecule has 0 unspecified atom stereocenters. The first-order chi connectivity index (χ1) is 15.1. The highest BCUT2D eigenvalue weighted by Crippen LogP contribution is 2.22. The molecule has 0 bridgehead atoms. The SMILES string of the molecule is COc1ccc2cc(/C=C/C(=O)OCC(=O)Nc3ccc4ccccc4c3)ccc2c1. The van der Waals surface area contributed by atoms with Crippen molar-refractivity contribution in [3.8, 4) is 5.75 Å². The van der Waals surface area contributed by atoms with E-state index in [1.165, 1.54) is 6.08 Å². The number of carbonyl (C=O) groups is 2. The highest BCUT2D eigenvalue weighted by Gasteiger charge is 2.06. The second-order valence-corrected chi connectivity index (χ2v) is 7.02. The third kappa shape index (κ3) is 5.08. The molecule has 4 aromatic rings. The Kier molecular flexibility index (Phi) is 5.94. The fourth-order valence-electron chi connectivity index (χ4n) is 3.29. The highest BCUT2D eigenvalue weighted by atomic mass is 16.5. The van der Waals surface area contributed by atoms with Crippen molar-refractivity contribution < 1.29 is 19.1 Å². The van der Waals surface area contributed by atoms with Crippen molar-refractivity contribution in [2.75, 3.05) is 19.0 Å². The van der Waals surface area contributed by atoms with Gasteiger partial charge in [0.25, 0.3) is 5.91 Å². The lowest BCUT2D eigenvalue weighted by Crippen LogP contribution is -2.20. The molecule has 4 rings (SSSR count). The molecule has 154 valence electrons. The molecule has 0 aliphatic rings. The molecule has 0 aliphatic carbocycles. The largest absolute Gasteiger partial charge is 0.497 e. The lowest BCUT2D eigenvalue weighted by atomic mass is 10.1. The zero-order valence-corrected chi connectivity index (χ0v) is 17.0. The van der Waals surface area contributed by atoms with Crippen LogP contribution in [0.4, 0.5) is 5.69 Å². The van der Waals surface area contributed by atoms with Gasteiger partial charge in [0.2, 0.25) is 0 Å². The Hall–Kier alpha value is -4.12. The summed E-state index contributed by atoms with van der Waals surface area (Å²) in [5.74, 6) is -0.179. The Labute approximate surface area is 179 Å². The molecule has 0 radical (unpaired) electrons. The van der Waals surface area contributed by atoms with E-state index in [2.05, 4.69) is 5.32 Å². The minimum Gasteiger partial charge on any atom is -0.497 e. The summed E-state index contributed by atoms with van der Waals surface area (Å²) in [7, 11) is 1.63. The van der Waals surface area contributed by atoms with Crippen LogP contribution in [-0.2, 0) is 14.3 Å². The topological polar surface area (TPSA) is 64.6 Å². The number of fused-ring (bicyclic) bond motifs is 2. The first-order valence-electron chi connectivity index (χ1n) is 9.82. The summed E-state index contributed by atoms with van der Waals surface area (Å²) >= 11 is 0. The first-order valence-corrected chi connectivity index (χ1v) is 9.82. The van der Waals surface area contributed by atoms with Crippen molar-refractivity contribution in [2.24, 2.45) is 0 Å². The zero-order chi connectivity index (χ0) is 21.6. The number of methoxy groups -OCH3 is 1. The van der Waals surface area contributed by atoms with Gasteiger partial charge in [0, 0.05) is 11.8 Å². The number of hydrogen-bond donors (Lipinski definition) is 1. The van der Waals surface area contributed by atoms with Gasteiger partial charge >= 0.3 is 5.97 Å². The zero-order valence-electron chi connectivity index (χ0n) is 17.0. The predicted molar refractivity (Wildman–Crippen MR) is 123 cm³/mol. The Morgan fingerprint density at radius 2 is 1.55 bits per heavy atom. The van der Waals surface area contributed by atoms with Crippen molar-refractivity contribution in [3.63, 3.8) is 0 Å². The normalized spacial score (nSPS) is 11.0. The van der Waals surface area contributed by atoms with Crippen LogP contribution in [0.15, 0.2) is 84.9 Å². The monoisotopic (exact) mass is 411 g/mol. The molecule has 4 aromatic carbocycles. The number of hydrogen-bond acceptors (Lipinski definition) is 4. The van der Waals surface area contributed by atoms with Gasteiger partial charge in [-0.1, -0.05) is 48.5 Å². The van der Waals surface area contributed by atoms with Crippen LogP contribution < -0.4 is 10.1 Å². The number of carbonyl (C=O) groups excluding carboxylic acids is 2. The lowest BCUT2D eigenvalue weighted by molar-refractivity contribution is -0.142. The fraction of sp³-hybridized carbons (Fsp3) is 0.0769. The average molecular weight is 411 g/mol. The number of ether oxygens (including phenoxy) is 2.